The second-order valence-electron chi connectivity index (χ2n) is 2.15. The van der Waals surface area contributed by atoms with Crippen molar-refractivity contribution in [3.63, 3.8) is 0 Å². The molecule has 1 N–H and O–H groups in total. The molecule has 1 atom stereocenters. The van der Waals surface area contributed by atoms with Gasteiger partial charge < -0.3 is 9.84 Å². The van der Waals surface area contributed by atoms with E-state index in [1.165, 1.54) is 0 Å². The van der Waals surface area contributed by atoms with Crippen LogP contribution in [0.3, 0.4) is 0 Å². The van der Waals surface area contributed by atoms with E-state index < -0.39 is 0 Å². The highest BCUT2D eigenvalue weighted by Crippen LogP contribution is 2.04. The minimum Gasteiger partial charge on any atom is -0.479 e. The highest BCUT2D eigenvalue weighted by molar-refractivity contribution is 5.79. The number of aliphatic hydroxyl groups excluding tert-OH is 1. The summed E-state index contributed by atoms with van der Waals surface area (Å²) in [6.45, 7) is 3.45. The maximum atomic E-state index is 8.63. The van der Waals surface area contributed by atoms with E-state index in [0.29, 0.717) is 12.5 Å². The number of ether oxygens (including phenoxy) is 1. The summed E-state index contributed by atoms with van der Waals surface area (Å²) >= 11 is 0. The first-order valence-corrected chi connectivity index (χ1v) is 3.12. The highest BCUT2D eigenvalue weighted by atomic mass is 16.5. The van der Waals surface area contributed by atoms with Gasteiger partial charge in [0.1, 0.15) is 6.61 Å². The van der Waals surface area contributed by atoms with Gasteiger partial charge in [-0.25, -0.2) is 0 Å². The molecule has 1 heterocycles. The predicted molar refractivity (Wildman–Crippen MR) is 34.5 cm³/mol. The van der Waals surface area contributed by atoms with Crippen molar-refractivity contribution in [1.82, 2.24) is 0 Å². The number of hydrogen-bond acceptors (Lipinski definition) is 3. The Hall–Kier alpha value is -0.570. The molecule has 0 aromatic carbocycles. The molecule has 0 radical (unpaired) electrons. The first-order chi connectivity index (χ1) is 4.34. The van der Waals surface area contributed by atoms with Crippen LogP contribution >= 0.6 is 0 Å². The van der Waals surface area contributed by atoms with Gasteiger partial charge in [0.05, 0.1) is 19.1 Å². The quantitative estimate of drug-likeness (QED) is 0.572. The zero-order valence-electron chi connectivity index (χ0n) is 5.50. The fraction of sp³-hybridized carbons (Fsp3) is 0.833. The van der Waals surface area contributed by atoms with Crippen LogP contribution in [0, 0.1) is 5.92 Å². The van der Waals surface area contributed by atoms with Crippen LogP contribution in [-0.2, 0) is 4.74 Å². The van der Waals surface area contributed by atoms with Crippen molar-refractivity contribution in [3.8, 4) is 0 Å². The number of aliphatic hydroxyl groups is 1. The third kappa shape index (κ3) is 1.42. The summed E-state index contributed by atoms with van der Waals surface area (Å²) in [4.78, 5) is 4.04. The molecule has 0 spiro atoms. The Morgan fingerprint density at radius 1 is 1.89 bits per heavy atom. The standard InChI is InChI=1S/C6H11NO2/c1-5(4-8)6-7-2-3-9-6/h5,8H,2-4H2,1H3/t5-/m0/s1. The van der Waals surface area contributed by atoms with Gasteiger partial charge in [-0.2, -0.15) is 0 Å². The van der Waals surface area contributed by atoms with Gasteiger partial charge >= 0.3 is 0 Å². The van der Waals surface area contributed by atoms with Crippen LogP contribution < -0.4 is 0 Å². The lowest BCUT2D eigenvalue weighted by Gasteiger charge is -2.05. The van der Waals surface area contributed by atoms with Crippen molar-refractivity contribution in [1.29, 1.82) is 0 Å². The fourth-order valence-corrected chi connectivity index (χ4v) is 0.728. The Morgan fingerprint density at radius 3 is 3.11 bits per heavy atom. The van der Waals surface area contributed by atoms with E-state index in [-0.39, 0.29) is 12.5 Å². The number of rotatable bonds is 2. The molecule has 0 aromatic heterocycles. The highest BCUT2D eigenvalue weighted by Gasteiger charge is 2.13. The van der Waals surface area contributed by atoms with E-state index in [4.69, 9.17) is 9.84 Å². The van der Waals surface area contributed by atoms with Crippen molar-refractivity contribution in [2.45, 2.75) is 6.92 Å². The summed E-state index contributed by atoms with van der Waals surface area (Å²) in [7, 11) is 0. The molecule has 0 saturated carbocycles. The summed E-state index contributed by atoms with van der Waals surface area (Å²) in [6, 6.07) is 0. The molecule has 0 amide bonds. The maximum Gasteiger partial charge on any atom is 0.188 e. The Kier molecular flexibility index (Phi) is 2.05. The molecular weight excluding hydrogens is 118 g/mol. The van der Waals surface area contributed by atoms with Crippen LogP contribution in [0.2, 0.25) is 0 Å². The molecule has 9 heavy (non-hydrogen) atoms. The molecule has 52 valence electrons. The van der Waals surface area contributed by atoms with Crippen molar-refractivity contribution in [3.05, 3.63) is 0 Å². The third-order valence-electron chi connectivity index (χ3n) is 1.30. The summed E-state index contributed by atoms with van der Waals surface area (Å²) < 4.78 is 5.10. The lowest BCUT2D eigenvalue weighted by atomic mass is 10.2. The second kappa shape index (κ2) is 2.82. The van der Waals surface area contributed by atoms with Crippen LogP contribution in [0.1, 0.15) is 6.92 Å². The molecule has 1 aliphatic rings. The first kappa shape index (κ1) is 6.55. The zero-order valence-corrected chi connectivity index (χ0v) is 5.50. The van der Waals surface area contributed by atoms with Gasteiger partial charge in [-0.1, -0.05) is 6.92 Å². The number of aliphatic imine (C=N–C) groups is 1. The van der Waals surface area contributed by atoms with E-state index in [1.54, 1.807) is 0 Å². The van der Waals surface area contributed by atoms with Gasteiger partial charge in [0.15, 0.2) is 5.90 Å². The smallest absolute Gasteiger partial charge is 0.188 e. The molecule has 0 aliphatic carbocycles. The summed E-state index contributed by atoms with van der Waals surface area (Å²) in [5, 5.41) is 8.63. The third-order valence-corrected chi connectivity index (χ3v) is 1.30. The van der Waals surface area contributed by atoms with Crippen LogP contribution in [-0.4, -0.2) is 30.8 Å². The second-order valence-corrected chi connectivity index (χ2v) is 2.15. The molecular formula is C6H11NO2. The lowest BCUT2D eigenvalue weighted by molar-refractivity contribution is 0.242. The average Bonchev–Trinajstić information content (AvgIpc) is 2.37. The molecule has 0 saturated heterocycles. The number of nitrogens with zero attached hydrogens (tertiary/aromatic N) is 1. The first-order valence-electron chi connectivity index (χ1n) is 3.12. The zero-order chi connectivity index (χ0) is 6.69. The molecule has 3 nitrogen and oxygen atoms in total. The van der Waals surface area contributed by atoms with Crippen molar-refractivity contribution < 1.29 is 9.84 Å². The van der Waals surface area contributed by atoms with Gasteiger partial charge in [0.25, 0.3) is 0 Å². The van der Waals surface area contributed by atoms with Crippen LogP contribution in [0.25, 0.3) is 0 Å². The molecule has 0 fully saturated rings. The molecule has 3 heteroatoms. The topological polar surface area (TPSA) is 41.8 Å². The van der Waals surface area contributed by atoms with E-state index in [9.17, 15) is 0 Å². The van der Waals surface area contributed by atoms with E-state index in [0.717, 1.165) is 6.54 Å². The molecule has 1 rings (SSSR count). The minimum absolute atomic E-state index is 0.0764. The summed E-state index contributed by atoms with van der Waals surface area (Å²) in [6.07, 6.45) is 0. The predicted octanol–water partition coefficient (Wildman–Crippen LogP) is 0.0435. The van der Waals surface area contributed by atoms with Crippen LogP contribution in [0.5, 0.6) is 0 Å². The van der Waals surface area contributed by atoms with E-state index in [2.05, 4.69) is 4.99 Å². The SMILES string of the molecule is C[C@@H](CO)C1=NCCO1. The fourth-order valence-electron chi connectivity index (χ4n) is 0.728. The Morgan fingerprint density at radius 2 is 2.67 bits per heavy atom. The van der Waals surface area contributed by atoms with E-state index in [1.807, 2.05) is 6.92 Å². The lowest BCUT2D eigenvalue weighted by Crippen LogP contribution is -2.14. The minimum atomic E-state index is 0.0764. The largest absolute Gasteiger partial charge is 0.479 e. The molecule has 1 aliphatic heterocycles. The van der Waals surface area contributed by atoms with Crippen molar-refractivity contribution in [2.24, 2.45) is 10.9 Å². The van der Waals surface area contributed by atoms with Crippen LogP contribution in [0.15, 0.2) is 4.99 Å². The van der Waals surface area contributed by atoms with Crippen molar-refractivity contribution in [2.75, 3.05) is 19.8 Å². The molecule has 0 aromatic rings. The van der Waals surface area contributed by atoms with E-state index >= 15 is 0 Å². The monoisotopic (exact) mass is 129 g/mol. The summed E-state index contributed by atoms with van der Waals surface area (Å²) in [5.74, 6) is 0.782. The molecule has 0 unspecified atom stereocenters. The summed E-state index contributed by atoms with van der Waals surface area (Å²) in [5.41, 5.74) is 0. The Labute approximate surface area is 54.4 Å². The van der Waals surface area contributed by atoms with Gasteiger partial charge in [-0.05, 0) is 0 Å². The molecule has 0 bridgehead atoms. The van der Waals surface area contributed by atoms with Crippen molar-refractivity contribution >= 4 is 5.90 Å². The normalized spacial score (nSPS) is 20.9. The Bertz CT molecular complexity index is 122. The van der Waals surface area contributed by atoms with Crippen LogP contribution in [0.4, 0.5) is 0 Å². The maximum absolute atomic E-state index is 8.63. The van der Waals surface area contributed by atoms with Gasteiger partial charge in [-0.3, -0.25) is 4.99 Å². The van der Waals surface area contributed by atoms with Gasteiger partial charge in [-0.15, -0.1) is 0 Å². The van der Waals surface area contributed by atoms with Gasteiger partial charge in [0, 0.05) is 0 Å². The number of hydrogen-bond donors (Lipinski definition) is 1. The average molecular weight is 129 g/mol. The van der Waals surface area contributed by atoms with Gasteiger partial charge in [0.2, 0.25) is 0 Å². The Balaban J connectivity index is 2.40.